The molecular weight excluding hydrogens is 424 g/mol. The second-order valence-electron chi connectivity index (χ2n) is 8.87. The molecule has 0 aliphatic heterocycles. The second-order valence-corrected chi connectivity index (χ2v) is 8.87. The molecule has 0 radical (unpaired) electrons. The first-order valence-electron chi connectivity index (χ1n) is 12.1. The van der Waals surface area contributed by atoms with Gasteiger partial charge in [-0.3, -0.25) is 4.90 Å². The van der Waals surface area contributed by atoms with Gasteiger partial charge in [-0.15, -0.1) is 0 Å². The van der Waals surface area contributed by atoms with Crippen molar-refractivity contribution in [1.82, 2.24) is 19.4 Å². The molecule has 6 nitrogen and oxygen atoms in total. The van der Waals surface area contributed by atoms with Gasteiger partial charge in [0, 0.05) is 38.9 Å². The Balaban J connectivity index is 1.54. The predicted molar refractivity (Wildman–Crippen MR) is 137 cm³/mol. The van der Waals surface area contributed by atoms with Crippen molar-refractivity contribution in [3.63, 3.8) is 0 Å². The van der Waals surface area contributed by atoms with E-state index in [1.54, 1.807) is 4.90 Å². The molecule has 0 aliphatic carbocycles. The highest BCUT2D eigenvalue weighted by molar-refractivity contribution is 5.67. The van der Waals surface area contributed by atoms with Crippen LogP contribution in [0, 0.1) is 20.8 Å². The first-order chi connectivity index (χ1) is 16.4. The van der Waals surface area contributed by atoms with Crippen LogP contribution in [0.25, 0.3) is 0 Å². The smallest absolute Gasteiger partial charge is 0.410 e. The lowest BCUT2D eigenvalue weighted by Crippen LogP contribution is -2.39. The van der Waals surface area contributed by atoms with E-state index < -0.39 is 0 Å². The van der Waals surface area contributed by atoms with Gasteiger partial charge < -0.3 is 14.2 Å². The Bertz CT molecular complexity index is 1040. The number of aryl methyl sites for hydroxylation is 3. The summed E-state index contributed by atoms with van der Waals surface area (Å²) in [4.78, 5) is 21.2. The van der Waals surface area contributed by atoms with E-state index in [9.17, 15) is 4.79 Å². The van der Waals surface area contributed by atoms with Gasteiger partial charge in [0.2, 0.25) is 0 Å². The number of hydrogen-bond donors (Lipinski definition) is 0. The molecule has 6 heteroatoms. The molecule has 1 aromatic heterocycles. The Morgan fingerprint density at radius 2 is 1.68 bits per heavy atom. The van der Waals surface area contributed by atoms with Crippen molar-refractivity contribution < 1.29 is 9.53 Å². The highest BCUT2D eigenvalue weighted by Gasteiger charge is 2.16. The summed E-state index contributed by atoms with van der Waals surface area (Å²) in [7, 11) is 0. The molecule has 1 heterocycles. The molecule has 3 aromatic rings. The second kappa shape index (κ2) is 12.4. The zero-order valence-electron chi connectivity index (χ0n) is 21.3. The van der Waals surface area contributed by atoms with Crippen LogP contribution in [0.3, 0.4) is 0 Å². The lowest BCUT2D eigenvalue weighted by molar-refractivity contribution is 0.0927. The third-order valence-corrected chi connectivity index (χ3v) is 6.42. The molecule has 3 rings (SSSR count). The summed E-state index contributed by atoms with van der Waals surface area (Å²) in [5.41, 5.74) is 7.08. The van der Waals surface area contributed by atoms with Crippen LogP contribution in [-0.4, -0.2) is 51.6 Å². The van der Waals surface area contributed by atoms with Gasteiger partial charge in [0.1, 0.15) is 6.61 Å². The van der Waals surface area contributed by atoms with Gasteiger partial charge in [-0.2, -0.15) is 0 Å². The van der Waals surface area contributed by atoms with E-state index in [0.717, 1.165) is 42.9 Å². The fourth-order valence-electron chi connectivity index (χ4n) is 4.03. The molecule has 0 unspecified atom stereocenters. The van der Waals surface area contributed by atoms with Crippen molar-refractivity contribution in [3.05, 3.63) is 88.5 Å². The zero-order chi connectivity index (χ0) is 24.5. The third-order valence-electron chi connectivity index (χ3n) is 6.42. The fraction of sp³-hybridized carbons (Fsp3) is 0.429. The summed E-state index contributed by atoms with van der Waals surface area (Å²) < 4.78 is 7.86. The molecule has 1 amide bonds. The van der Waals surface area contributed by atoms with Crippen molar-refractivity contribution in [2.75, 3.05) is 26.2 Å². The summed E-state index contributed by atoms with van der Waals surface area (Å²) in [5, 5.41) is 0. The number of ether oxygens (including phenoxy) is 1. The van der Waals surface area contributed by atoms with Crippen LogP contribution in [0.4, 0.5) is 4.79 Å². The Morgan fingerprint density at radius 1 is 0.971 bits per heavy atom. The molecule has 0 N–H and O–H groups in total. The van der Waals surface area contributed by atoms with E-state index in [-0.39, 0.29) is 6.09 Å². The van der Waals surface area contributed by atoms with Crippen molar-refractivity contribution in [3.8, 4) is 0 Å². The van der Waals surface area contributed by atoms with Gasteiger partial charge >= 0.3 is 6.09 Å². The van der Waals surface area contributed by atoms with Crippen molar-refractivity contribution in [2.45, 2.75) is 54.3 Å². The van der Waals surface area contributed by atoms with Crippen LogP contribution in [0.5, 0.6) is 0 Å². The van der Waals surface area contributed by atoms with E-state index in [1.165, 1.54) is 16.8 Å². The van der Waals surface area contributed by atoms with Crippen molar-refractivity contribution in [1.29, 1.82) is 0 Å². The molecule has 2 aromatic carbocycles. The maximum absolute atomic E-state index is 12.7. The topological polar surface area (TPSA) is 50.6 Å². The normalized spacial score (nSPS) is 11.1. The van der Waals surface area contributed by atoms with Crippen molar-refractivity contribution >= 4 is 6.09 Å². The summed E-state index contributed by atoms with van der Waals surface area (Å²) in [6, 6.07) is 14.7. The summed E-state index contributed by atoms with van der Waals surface area (Å²) in [6.07, 6.45) is 3.57. The molecule has 182 valence electrons. The Labute approximate surface area is 204 Å². The minimum absolute atomic E-state index is 0.259. The largest absolute Gasteiger partial charge is 0.445 e. The number of aromatic nitrogens is 2. The van der Waals surface area contributed by atoms with Crippen LogP contribution in [-0.2, 0) is 24.4 Å². The van der Waals surface area contributed by atoms with Crippen LogP contribution >= 0.6 is 0 Å². The van der Waals surface area contributed by atoms with Gasteiger partial charge in [0.15, 0.2) is 0 Å². The minimum Gasteiger partial charge on any atom is -0.445 e. The molecule has 0 spiro atoms. The van der Waals surface area contributed by atoms with Gasteiger partial charge in [-0.1, -0.05) is 55.0 Å². The number of imidazole rings is 1. The lowest BCUT2D eigenvalue weighted by atomic mass is 10.0. The van der Waals surface area contributed by atoms with Gasteiger partial charge in [-0.25, -0.2) is 9.78 Å². The molecule has 0 saturated carbocycles. The Hall–Kier alpha value is -3.12. The maximum atomic E-state index is 12.7. The number of amides is 1. The molecule has 0 fully saturated rings. The van der Waals surface area contributed by atoms with E-state index in [2.05, 4.69) is 78.5 Å². The van der Waals surface area contributed by atoms with Crippen LogP contribution in [0.15, 0.2) is 55.0 Å². The standard InChI is InChI=1S/C28H38N4O2/c1-6-30(19-26-17-29-21-32(26)18-25-13-11-22(3)12-14-25)15-16-31(7-2)28(33)34-20-27-23(4)9-8-10-24(27)5/h8-14,17,21H,6-7,15-16,18-20H2,1-5H3. The number of benzene rings is 2. The average molecular weight is 463 g/mol. The van der Waals surface area contributed by atoms with Crippen LogP contribution < -0.4 is 0 Å². The number of hydrogen-bond acceptors (Lipinski definition) is 4. The van der Waals surface area contributed by atoms with E-state index in [0.29, 0.717) is 19.7 Å². The van der Waals surface area contributed by atoms with Gasteiger partial charge in [0.05, 0.1) is 12.0 Å². The molecule has 0 aliphatic rings. The monoisotopic (exact) mass is 462 g/mol. The molecule has 0 saturated heterocycles. The number of carbonyl (C=O) groups excluding carboxylic acids is 1. The van der Waals surface area contributed by atoms with Crippen LogP contribution in [0.2, 0.25) is 0 Å². The van der Waals surface area contributed by atoms with E-state index in [1.807, 2.05) is 25.5 Å². The Kier molecular flexibility index (Phi) is 9.28. The summed E-state index contributed by atoms with van der Waals surface area (Å²) in [5.74, 6) is 0. The number of nitrogens with zero attached hydrogens (tertiary/aromatic N) is 4. The SMILES string of the molecule is CCN(CCN(CC)C(=O)OCc1c(C)cccc1C)Cc1cncn1Cc1ccc(C)cc1. The van der Waals surface area contributed by atoms with Gasteiger partial charge in [-0.05, 0) is 56.5 Å². The summed E-state index contributed by atoms with van der Waals surface area (Å²) in [6.45, 7) is 15.2. The number of carbonyl (C=O) groups is 1. The quantitative estimate of drug-likeness (QED) is 0.386. The molecular formula is C28H38N4O2. The first-order valence-corrected chi connectivity index (χ1v) is 12.1. The average Bonchev–Trinajstić information content (AvgIpc) is 3.26. The third kappa shape index (κ3) is 6.94. The van der Waals surface area contributed by atoms with E-state index in [4.69, 9.17) is 4.74 Å². The number of likely N-dealkylation sites (N-methyl/N-ethyl adjacent to an activating group) is 2. The highest BCUT2D eigenvalue weighted by Crippen LogP contribution is 2.15. The zero-order valence-corrected chi connectivity index (χ0v) is 21.3. The van der Waals surface area contributed by atoms with E-state index >= 15 is 0 Å². The number of rotatable bonds is 11. The highest BCUT2D eigenvalue weighted by atomic mass is 16.6. The van der Waals surface area contributed by atoms with Crippen LogP contribution in [0.1, 0.15) is 47.4 Å². The lowest BCUT2D eigenvalue weighted by Gasteiger charge is -2.26. The molecule has 0 atom stereocenters. The van der Waals surface area contributed by atoms with Crippen molar-refractivity contribution in [2.24, 2.45) is 0 Å². The first kappa shape index (κ1) is 25.5. The maximum Gasteiger partial charge on any atom is 0.410 e. The summed E-state index contributed by atoms with van der Waals surface area (Å²) >= 11 is 0. The molecule has 0 bridgehead atoms. The fourth-order valence-corrected chi connectivity index (χ4v) is 4.03. The Morgan fingerprint density at radius 3 is 2.32 bits per heavy atom. The molecule has 34 heavy (non-hydrogen) atoms. The predicted octanol–water partition coefficient (Wildman–Crippen LogP) is 5.34. The van der Waals surface area contributed by atoms with Gasteiger partial charge in [0.25, 0.3) is 0 Å². The minimum atomic E-state index is -0.259.